The van der Waals surface area contributed by atoms with Gasteiger partial charge in [0.1, 0.15) is 0 Å². The number of carbonyl (C=O) groups is 1. The number of piperidine rings is 1. The average Bonchev–Trinajstić information content (AvgIpc) is 2.46. The van der Waals surface area contributed by atoms with Gasteiger partial charge in [-0.15, -0.1) is 12.4 Å². The van der Waals surface area contributed by atoms with E-state index in [0.29, 0.717) is 6.54 Å². The Balaban J connectivity index is 0.00000200. The van der Waals surface area contributed by atoms with Crippen LogP contribution in [0.5, 0.6) is 0 Å². The molecule has 1 unspecified atom stereocenters. The molecule has 1 heterocycles. The Morgan fingerprint density at radius 3 is 2.50 bits per heavy atom. The SMILES string of the molecule is CC(O)c1ccc(CNC(=O)C2CCNCC2)cc1.Cl. The van der Waals surface area contributed by atoms with Gasteiger partial charge in [-0.2, -0.15) is 0 Å². The largest absolute Gasteiger partial charge is 0.389 e. The standard InChI is InChI=1S/C15H22N2O2.ClH/c1-11(18)13-4-2-12(3-5-13)10-17-15(19)14-6-8-16-9-7-14;/h2-5,11,14,16,18H,6-10H2,1H3,(H,17,19);1H. The number of amides is 1. The molecule has 1 aliphatic heterocycles. The molecule has 0 spiro atoms. The van der Waals surface area contributed by atoms with Crippen LogP contribution in [0.2, 0.25) is 0 Å². The molecule has 112 valence electrons. The van der Waals surface area contributed by atoms with E-state index in [1.165, 1.54) is 0 Å². The Bertz CT molecular complexity index is 414. The van der Waals surface area contributed by atoms with Crippen LogP contribution in [0.1, 0.15) is 37.0 Å². The van der Waals surface area contributed by atoms with E-state index in [1.807, 2.05) is 24.3 Å². The zero-order valence-corrected chi connectivity index (χ0v) is 12.6. The second kappa shape index (κ2) is 8.25. The third-order valence-electron chi connectivity index (χ3n) is 3.64. The Morgan fingerprint density at radius 2 is 1.95 bits per heavy atom. The lowest BCUT2D eigenvalue weighted by molar-refractivity contribution is -0.125. The quantitative estimate of drug-likeness (QED) is 0.794. The van der Waals surface area contributed by atoms with Gasteiger partial charge in [-0.3, -0.25) is 4.79 Å². The van der Waals surface area contributed by atoms with E-state index in [4.69, 9.17) is 0 Å². The normalized spacial score (nSPS) is 17.1. The lowest BCUT2D eigenvalue weighted by atomic mass is 9.97. The van der Waals surface area contributed by atoms with Gasteiger partial charge < -0.3 is 15.7 Å². The van der Waals surface area contributed by atoms with Crippen molar-refractivity contribution in [3.05, 3.63) is 35.4 Å². The summed E-state index contributed by atoms with van der Waals surface area (Å²) < 4.78 is 0. The molecule has 5 heteroatoms. The molecule has 4 nitrogen and oxygen atoms in total. The zero-order chi connectivity index (χ0) is 13.7. The molecule has 0 saturated carbocycles. The van der Waals surface area contributed by atoms with Crippen LogP contribution < -0.4 is 10.6 Å². The number of halogens is 1. The molecular formula is C15H23ClN2O2. The summed E-state index contributed by atoms with van der Waals surface area (Å²) in [5.74, 6) is 0.305. The summed E-state index contributed by atoms with van der Waals surface area (Å²) in [6, 6.07) is 7.70. The van der Waals surface area contributed by atoms with Crippen LogP contribution in [-0.4, -0.2) is 24.1 Å². The number of hydrogen-bond acceptors (Lipinski definition) is 3. The monoisotopic (exact) mass is 298 g/mol. The lowest BCUT2D eigenvalue weighted by Gasteiger charge is -2.21. The highest BCUT2D eigenvalue weighted by molar-refractivity contribution is 5.85. The third kappa shape index (κ3) is 4.78. The molecule has 0 bridgehead atoms. The molecule has 3 N–H and O–H groups in total. The zero-order valence-electron chi connectivity index (χ0n) is 11.8. The number of carbonyl (C=O) groups excluding carboxylic acids is 1. The van der Waals surface area contributed by atoms with Gasteiger partial charge in [-0.05, 0) is 44.0 Å². The van der Waals surface area contributed by atoms with Gasteiger partial charge >= 0.3 is 0 Å². The van der Waals surface area contributed by atoms with Gasteiger partial charge in [-0.1, -0.05) is 24.3 Å². The molecule has 1 aliphatic rings. The molecule has 1 saturated heterocycles. The fourth-order valence-corrected chi connectivity index (χ4v) is 2.33. The number of aliphatic hydroxyl groups is 1. The number of hydrogen-bond donors (Lipinski definition) is 3. The van der Waals surface area contributed by atoms with Crippen molar-refractivity contribution in [3.63, 3.8) is 0 Å². The van der Waals surface area contributed by atoms with E-state index >= 15 is 0 Å². The van der Waals surface area contributed by atoms with Crippen LogP contribution in [0.15, 0.2) is 24.3 Å². The molecule has 1 atom stereocenters. The summed E-state index contributed by atoms with van der Waals surface area (Å²) in [6.45, 7) is 4.17. The number of rotatable bonds is 4. The summed E-state index contributed by atoms with van der Waals surface area (Å²) in [5.41, 5.74) is 1.96. The van der Waals surface area contributed by atoms with Crippen molar-refractivity contribution < 1.29 is 9.90 Å². The minimum Gasteiger partial charge on any atom is -0.389 e. The smallest absolute Gasteiger partial charge is 0.223 e. The molecule has 1 aromatic rings. The van der Waals surface area contributed by atoms with Gasteiger partial charge in [0.05, 0.1) is 6.10 Å². The summed E-state index contributed by atoms with van der Waals surface area (Å²) in [6.07, 6.45) is 1.40. The van der Waals surface area contributed by atoms with Crippen LogP contribution in [0.3, 0.4) is 0 Å². The van der Waals surface area contributed by atoms with Crippen molar-refractivity contribution >= 4 is 18.3 Å². The number of nitrogens with one attached hydrogen (secondary N) is 2. The van der Waals surface area contributed by atoms with E-state index < -0.39 is 6.10 Å². The fraction of sp³-hybridized carbons (Fsp3) is 0.533. The minimum atomic E-state index is -0.446. The highest BCUT2D eigenvalue weighted by Crippen LogP contribution is 2.14. The van der Waals surface area contributed by atoms with E-state index in [0.717, 1.165) is 37.1 Å². The summed E-state index contributed by atoms with van der Waals surface area (Å²) in [7, 11) is 0. The van der Waals surface area contributed by atoms with Crippen molar-refractivity contribution in [1.29, 1.82) is 0 Å². The fourth-order valence-electron chi connectivity index (χ4n) is 2.33. The van der Waals surface area contributed by atoms with Gasteiger partial charge in [0, 0.05) is 12.5 Å². The van der Waals surface area contributed by atoms with E-state index in [-0.39, 0.29) is 24.2 Å². The molecule has 20 heavy (non-hydrogen) atoms. The van der Waals surface area contributed by atoms with Crippen LogP contribution >= 0.6 is 12.4 Å². The maximum absolute atomic E-state index is 12.0. The topological polar surface area (TPSA) is 61.4 Å². The second-order valence-corrected chi connectivity index (χ2v) is 5.16. The highest BCUT2D eigenvalue weighted by Gasteiger charge is 2.20. The van der Waals surface area contributed by atoms with Crippen molar-refractivity contribution in [2.45, 2.75) is 32.4 Å². The van der Waals surface area contributed by atoms with Gasteiger partial charge in [0.25, 0.3) is 0 Å². The summed E-state index contributed by atoms with van der Waals surface area (Å²) in [5, 5.41) is 15.7. The van der Waals surface area contributed by atoms with Gasteiger partial charge in [-0.25, -0.2) is 0 Å². The first-order valence-corrected chi connectivity index (χ1v) is 6.92. The maximum Gasteiger partial charge on any atom is 0.223 e. The highest BCUT2D eigenvalue weighted by atomic mass is 35.5. The van der Waals surface area contributed by atoms with Gasteiger partial charge in [0.15, 0.2) is 0 Å². The second-order valence-electron chi connectivity index (χ2n) is 5.16. The first-order valence-electron chi connectivity index (χ1n) is 6.92. The average molecular weight is 299 g/mol. The number of aliphatic hydroxyl groups excluding tert-OH is 1. The van der Waals surface area contributed by atoms with Crippen molar-refractivity contribution in [3.8, 4) is 0 Å². The van der Waals surface area contributed by atoms with Crippen molar-refractivity contribution in [2.75, 3.05) is 13.1 Å². The molecule has 1 aromatic carbocycles. The van der Waals surface area contributed by atoms with E-state index in [9.17, 15) is 9.90 Å². The molecule has 0 radical (unpaired) electrons. The Kier molecular flexibility index (Phi) is 6.99. The minimum absolute atomic E-state index is 0. The first kappa shape index (κ1) is 17.0. The summed E-state index contributed by atoms with van der Waals surface area (Å²) >= 11 is 0. The van der Waals surface area contributed by atoms with Crippen LogP contribution in [0.4, 0.5) is 0 Å². The third-order valence-corrected chi connectivity index (χ3v) is 3.64. The molecule has 1 fully saturated rings. The van der Waals surface area contributed by atoms with Gasteiger partial charge in [0.2, 0.25) is 5.91 Å². The van der Waals surface area contributed by atoms with Crippen LogP contribution in [0.25, 0.3) is 0 Å². The van der Waals surface area contributed by atoms with Crippen molar-refractivity contribution in [1.82, 2.24) is 10.6 Å². The predicted octanol–water partition coefficient (Wildman–Crippen LogP) is 1.78. The Labute approximate surface area is 126 Å². The molecule has 0 aliphatic carbocycles. The Hall–Kier alpha value is -1.10. The lowest BCUT2D eigenvalue weighted by Crippen LogP contribution is -2.37. The maximum atomic E-state index is 12.0. The molecule has 2 rings (SSSR count). The van der Waals surface area contributed by atoms with Crippen LogP contribution in [-0.2, 0) is 11.3 Å². The first-order chi connectivity index (χ1) is 9.16. The predicted molar refractivity (Wildman–Crippen MR) is 81.8 cm³/mol. The molecule has 1 amide bonds. The van der Waals surface area contributed by atoms with Crippen LogP contribution in [0, 0.1) is 5.92 Å². The Morgan fingerprint density at radius 1 is 1.35 bits per heavy atom. The molecular weight excluding hydrogens is 276 g/mol. The summed E-state index contributed by atoms with van der Waals surface area (Å²) in [4.78, 5) is 12.0. The number of benzene rings is 1. The molecule has 0 aromatic heterocycles. The van der Waals surface area contributed by atoms with E-state index in [2.05, 4.69) is 10.6 Å². The van der Waals surface area contributed by atoms with Crippen molar-refractivity contribution in [2.24, 2.45) is 5.92 Å². The van der Waals surface area contributed by atoms with E-state index in [1.54, 1.807) is 6.92 Å².